The van der Waals surface area contributed by atoms with E-state index in [0.29, 0.717) is 5.75 Å². The maximum atomic E-state index is 12.3. The first-order valence-corrected chi connectivity index (χ1v) is 10.7. The highest BCUT2D eigenvalue weighted by atomic mass is 32.2. The van der Waals surface area contributed by atoms with Crippen LogP contribution in [0.25, 0.3) is 5.69 Å². The second kappa shape index (κ2) is 8.78. The summed E-state index contributed by atoms with van der Waals surface area (Å²) in [5, 5.41) is 12.7. The summed E-state index contributed by atoms with van der Waals surface area (Å²) in [7, 11) is 0. The summed E-state index contributed by atoms with van der Waals surface area (Å²) in [5.41, 5.74) is 0.837. The number of thioether (sulfide) groups is 1. The van der Waals surface area contributed by atoms with Crippen LogP contribution in [-0.2, 0) is 4.79 Å². The van der Waals surface area contributed by atoms with Gasteiger partial charge in [-0.15, -0.1) is 10.2 Å². The molecule has 1 aromatic heterocycles. The molecular weight excluding hydrogens is 358 g/mol. The Morgan fingerprint density at radius 3 is 2.52 bits per heavy atom. The molecule has 1 saturated heterocycles. The van der Waals surface area contributed by atoms with Crippen molar-refractivity contribution in [2.45, 2.75) is 57.1 Å². The highest BCUT2D eigenvalue weighted by molar-refractivity contribution is 7.99. The largest absolute Gasteiger partial charge is 0.351 e. The zero-order valence-corrected chi connectivity index (χ0v) is 17.3. The first-order chi connectivity index (χ1) is 13.0. The lowest BCUT2D eigenvalue weighted by Gasteiger charge is -2.27. The van der Waals surface area contributed by atoms with E-state index < -0.39 is 0 Å². The van der Waals surface area contributed by atoms with Gasteiger partial charge in [0, 0.05) is 18.6 Å². The highest BCUT2D eigenvalue weighted by Gasteiger charge is 2.23. The molecule has 2 aromatic rings. The normalized spacial score (nSPS) is 15.0. The molecule has 0 saturated carbocycles. The van der Waals surface area contributed by atoms with Crippen molar-refractivity contribution >= 4 is 23.6 Å². The summed E-state index contributed by atoms with van der Waals surface area (Å²) in [6, 6.07) is 10.1. The molecule has 0 aliphatic carbocycles. The van der Waals surface area contributed by atoms with Gasteiger partial charge in [0.1, 0.15) is 0 Å². The number of nitrogens with one attached hydrogen (secondary N) is 1. The molecule has 2 heterocycles. The fourth-order valence-corrected chi connectivity index (χ4v) is 3.84. The Balaban J connectivity index is 1.80. The average molecular weight is 388 g/mol. The molecule has 0 bridgehead atoms. The van der Waals surface area contributed by atoms with E-state index >= 15 is 0 Å². The Hall–Kier alpha value is -2.02. The maximum Gasteiger partial charge on any atom is 0.232 e. The molecule has 146 valence electrons. The third-order valence-electron chi connectivity index (χ3n) is 4.96. The molecule has 1 N–H and O–H groups in total. The van der Waals surface area contributed by atoms with Crippen molar-refractivity contribution < 1.29 is 4.79 Å². The van der Waals surface area contributed by atoms with Gasteiger partial charge in [0.25, 0.3) is 0 Å². The van der Waals surface area contributed by atoms with Crippen LogP contribution < -0.4 is 10.2 Å². The zero-order chi connectivity index (χ0) is 19.3. The summed E-state index contributed by atoms with van der Waals surface area (Å²) in [5.74, 6) is 1.22. The summed E-state index contributed by atoms with van der Waals surface area (Å²) in [4.78, 5) is 14.6. The molecule has 0 radical (unpaired) electrons. The summed E-state index contributed by atoms with van der Waals surface area (Å²) >= 11 is 1.44. The molecule has 6 nitrogen and oxygen atoms in total. The molecule has 1 aliphatic rings. The minimum Gasteiger partial charge on any atom is -0.351 e. The number of para-hydroxylation sites is 1. The number of amides is 1. The summed E-state index contributed by atoms with van der Waals surface area (Å²) in [6.07, 6.45) is 4.52. The molecule has 1 amide bonds. The van der Waals surface area contributed by atoms with Crippen molar-refractivity contribution in [3.63, 3.8) is 0 Å². The summed E-state index contributed by atoms with van der Waals surface area (Å²) < 4.78 is 2.08. The average Bonchev–Trinajstić information content (AvgIpc) is 3.11. The molecule has 0 atom stereocenters. The third kappa shape index (κ3) is 5.03. The van der Waals surface area contributed by atoms with Crippen LogP contribution in [0.3, 0.4) is 0 Å². The number of carbonyl (C=O) groups excluding carboxylic acids is 1. The number of aromatic nitrogens is 3. The molecule has 1 aromatic carbocycles. The van der Waals surface area contributed by atoms with E-state index in [-0.39, 0.29) is 11.4 Å². The van der Waals surface area contributed by atoms with Crippen LogP contribution in [0.1, 0.15) is 46.5 Å². The number of benzene rings is 1. The number of piperidine rings is 1. The van der Waals surface area contributed by atoms with Crippen LogP contribution in [0.15, 0.2) is 35.5 Å². The van der Waals surface area contributed by atoms with E-state index in [0.717, 1.165) is 36.3 Å². The first-order valence-electron chi connectivity index (χ1n) is 9.70. The Morgan fingerprint density at radius 2 is 1.85 bits per heavy atom. The Kier molecular flexibility index (Phi) is 6.42. The van der Waals surface area contributed by atoms with E-state index in [4.69, 9.17) is 0 Å². The third-order valence-corrected chi connectivity index (χ3v) is 5.89. The number of hydrogen-bond acceptors (Lipinski definition) is 5. The molecule has 1 aliphatic heterocycles. The maximum absolute atomic E-state index is 12.3. The van der Waals surface area contributed by atoms with Gasteiger partial charge in [0.2, 0.25) is 11.9 Å². The van der Waals surface area contributed by atoms with Crippen LogP contribution in [-0.4, -0.2) is 45.1 Å². The molecule has 1 fully saturated rings. The molecule has 7 heteroatoms. The quantitative estimate of drug-likeness (QED) is 0.735. The van der Waals surface area contributed by atoms with Crippen molar-refractivity contribution in [2.24, 2.45) is 0 Å². The standard InChI is InChI=1S/C20H29N5OS/c1-4-20(2,3)21-17(26)15-27-19-23-22-18(24-13-9-6-10-14-24)25(19)16-11-7-5-8-12-16/h5,7-8,11-12H,4,6,9-10,13-15H2,1-3H3,(H,21,26). The van der Waals surface area contributed by atoms with Gasteiger partial charge < -0.3 is 10.2 Å². The van der Waals surface area contributed by atoms with Gasteiger partial charge in [-0.2, -0.15) is 0 Å². The SMILES string of the molecule is CCC(C)(C)NC(=O)CSc1nnc(N2CCCCC2)n1-c1ccccc1. The van der Waals surface area contributed by atoms with Crippen LogP contribution in [0, 0.1) is 0 Å². The highest BCUT2D eigenvalue weighted by Crippen LogP contribution is 2.28. The van der Waals surface area contributed by atoms with Crippen molar-refractivity contribution in [1.29, 1.82) is 0 Å². The molecule has 3 rings (SSSR count). The Morgan fingerprint density at radius 1 is 1.15 bits per heavy atom. The van der Waals surface area contributed by atoms with Gasteiger partial charge >= 0.3 is 0 Å². The van der Waals surface area contributed by atoms with Gasteiger partial charge in [-0.1, -0.05) is 36.9 Å². The number of anilines is 1. The van der Waals surface area contributed by atoms with Gasteiger partial charge in [-0.3, -0.25) is 9.36 Å². The van der Waals surface area contributed by atoms with E-state index in [1.807, 2.05) is 32.0 Å². The van der Waals surface area contributed by atoms with E-state index in [1.165, 1.54) is 31.0 Å². The number of carbonyl (C=O) groups is 1. The minimum atomic E-state index is -0.191. The van der Waals surface area contributed by atoms with Crippen LogP contribution in [0.2, 0.25) is 0 Å². The van der Waals surface area contributed by atoms with Crippen LogP contribution in [0.5, 0.6) is 0 Å². The predicted octanol–water partition coefficient (Wildman–Crippen LogP) is 3.65. The van der Waals surface area contributed by atoms with Crippen LogP contribution >= 0.6 is 11.8 Å². The van der Waals surface area contributed by atoms with Gasteiger partial charge in [0.15, 0.2) is 5.16 Å². The lowest BCUT2D eigenvalue weighted by Crippen LogP contribution is -2.43. The minimum absolute atomic E-state index is 0.0222. The van der Waals surface area contributed by atoms with E-state index in [1.54, 1.807) is 0 Å². The zero-order valence-electron chi connectivity index (χ0n) is 16.4. The topological polar surface area (TPSA) is 63.1 Å². The van der Waals surface area contributed by atoms with Crippen molar-refractivity contribution in [3.05, 3.63) is 30.3 Å². The second-order valence-corrected chi connectivity index (χ2v) is 8.52. The fourth-order valence-electron chi connectivity index (χ4n) is 3.09. The van der Waals surface area contributed by atoms with Gasteiger partial charge in [-0.05, 0) is 51.7 Å². The molecule has 0 spiro atoms. The molecular formula is C20H29N5OS. The van der Waals surface area contributed by atoms with Crippen molar-refractivity contribution in [2.75, 3.05) is 23.7 Å². The Bertz CT molecular complexity index is 753. The molecule has 0 unspecified atom stereocenters. The smallest absolute Gasteiger partial charge is 0.232 e. The Labute approximate surface area is 165 Å². The first kappa shape index (κ1) is 19.7. The fraction of sp³-hybridized carbons (Fsp3) is 0.550. The summed E-state index contributed by atoms with van der Waals surface area (Å²) in [6.45, 7) is 8.15. The second-order valence-electron chi connectivity index (χ2n) is 7.58. The number of hydrogen-bond donors (Lipinski definition) is 1. The predicted molar refractivity (Wildman–Crippen MR) is 111 cm³/mol. The van der Waals surface area contributed by atoms with Gasteiger partial charge in [0.05, 0.1) is 11.4 Å². The van der Waals surface area contributed by atoms with E-state index in [2.05, 4.69) is 44.0 Å². The molecule has 27 heavy (non-hydrogen) atoms. The van der Waals surface area contributed by atoms with Crippen molar-refractivity contribution in [1.82, 2.24) is 20.1 Å². The number of nitrogens with zero attached hydrogens (tertiary/aromatic N) is 4. The lowest BCUT2D eigenvalue weighted by molar-refractivity contribution is -0.120. The van der Waals surface area contributed by atoms with Crippen LogP contribution in [0.4, 0.5) is 5.95 Å². The van der Waals surface area contributed by atoms with Crippen molar-refractivity contribution in [3.8, 4) is 5.69 Å². The monoisotopic (exact) mass is 387 g/mol. The van der Waals surface area contributed by atoms with E-state index in [9.17, 15) is 4.79 Å². The number of rotatable bonds is 7. The lowest BCUT2D eigenvalue weighted by atomic mass is 10.0. The van der Waals surface area contributed by atoms with Gasteiger partial charge in [-0.25, -0.2) is 0 Å².